The third kappa shape index (κ3) is 5.14. The molecule has 0 aliphatic carbocycles. The minimum Gasteiger partial charge on any atom is -0.458 e. The zero-order valence-electron chi connectivity index (χ0n) is 17.9. The highest BCUT2D eigenvalue weighted by atomic mass is 19.4. The molecule has 1 aliphatic heterocycles. The van der Waals surface area contributed by atoms with Crippen molar-refractivity contribution in [1.29, 1.82) is 5.26 Å². The summed E-state index contributed by atoms with van der Waals surface area (Å²) in [5.74, 6) is -1.76. The number of ether oxygens (including phenoxy) is 1. The van der Waals surface area contributed by atoms with Gasteiger partial charge >= 0.3 is 12.1 Å². The van der Waals surface area contributed by atoms with Gasteiger partial charge in [0.1, 0.15) is 6.61 Å². The first-order chi connectivity index (χ1) is 15.7. The van der Waals surface area contributed by atoms with Crippen LogP contribution in [0.1, 0.15) is 41.5 Å². The Labute approximate surface area is 189 Å². The van der Waals surface area contributed by atoms with Crippen molar-refractivity contribution in [1.82, 2.24) is 4.90 Å². The minimum absolute atomic E-state index is 0.0550. The van der Waals surface area contributed by atoms with Crippen LogP contribution in [0.5, 0.6) is 0 Å². The lowest BCUT2D eigenvalue weighted by molar-refractivity contribution is -0.140. The third-order valence-electron chi connectivity index (χ3n) is 5.48. The lowest BCUT2D eigenvalue weighted by Crippen LogP contribution is -2.38. The highest BCUT2D eigenvalue weighted by Crippen LogP contribution is 2.39. The van der Waals surface area contributed by atoms with Gasteiger partial charge in [0.25, 0.3) is 0 Å². The Hall–Kier alpha value is -3.86. The number of rotatable bonds is 6. The summed E-state index contributed by atoms with van der Waals surface area (Å²) in [6, 6.07) is 13.3. The average molecular weight is 454 g/mol. The molecule has 8 heteroatoms. The first-order valence-corrected chi connectivity index (χ1v) is 10.1. The van der Waals surface area contributed by atoms with E-state index in [9.17, 15) is 28.0 Å². The van der Waals surface area contributed by atoms with Gasteiger partial charge in [-0.2, -0.15) is 18.4 Å². The van der Waals surface area contributed by atoms with E-state index in [0.29, 0.717) is 22.4 Å². The maximum absolute atomic E-state index is 13.1. The molecule has 0 spiro atoms. The normalized spacial score (nSPS) is 16.4. The van der Waals surface area contributed by atoms with Gasteiger partial charge in [-0.05, 0) is 36.2 Å². The van der Waals surface area contributed by atoms with Crippen molar-refractivity contribution in [2.24, 2.45) is 0 Å². The fourth-order valence-electron chi connectivity index (χ4n) is 3.81. The Morgan fingerprint density at radius 3 is 2.52 bits per heavy atom. The number of hydrogen-bond donors (Lipinski definition) is 0. The van der Waals surface area contributed by atoms with Gasteiger partial charge in [-0.25, -0.2) is 4.79 Å². The molecule has 33 heavy (non-hydrogen) atoms. The maximum atomic E-state index is 13.1. The van der Waals surface area contributed by atoms with Crippen LogP contribution in [-0.2, 0) is 27.0 Å². The van der Waals surface area contributed by atoms with E-state index in [2.05, 4.69) is 12.6 Å². The monoisotopic (exact) mass is 454 g/mol. The number of nitrogens with zero attached hydrogens (tertiary/aromatic N) is 2. The molecular formula is C25H21F3N2O3. The summed E-state index contributed by atoms with van der Waals surface area (Å²) in [7, 11) is 0. The number of amides is 1. The van der Waals surface area contributed by atoms with E-state index in [4.69, 9.17) is 4.74 Å². The molecule has 5 nitrogen and oxygen atoms in total. The number of halogens is 3. The molecular weight excluding hydrogens is 433 g/mol. The van der Waals surface area contributed by atoms with Crippen LogP contribution in [-0.4, -0.2) is 23.4 Å². The van der Waals surface area contributed by atoms with Crippen molar-refractivity contribution >= 4 is 11.9 Å². The van der Waals surface area contributed by atoms with Gasteiger partial charge in [0.05, 0.1) is 29.3 Å². The van der Waals surface area contributed by atoms with Crippen molar-refractivity contribution in [2.75, 3.05) is 6.61 Å². The second kappa shape index (κ2) is 9.74. The van der Waals surface area contributed by atoms with Crippen LogP contribution >= 0.6 is 0 Å². The van der Waals surface area contributed by atoms with Gasteiger partial charge in [0.2, 0.25) is 5.91 Å². The Morgan fingerprint density at radius 2 is 1.91 bits per heavy atom. The zero-order valence-corrected chi connectivity index (χ0v) is 17.9. The van der Waals surface area contributed by atoms with Gasteiger partial charge in [-0.15, -0.1) is 0 Å². The first kappa shape index (κ1) is 23.8. The summed E-state index contributed by atoms with van der Waals surface area (Å²) in [5, 5.41) is 9.36. The first-order valence-electron chi connectivity index (χ1n) is 10.1. The number of esters is 1. The molecule has 0 bridgehead atoms. The van der Waals surface area contributed by atoms with Crippen molar-refractivity contribution < 1.29 is 27.5 Å². The van der Waals surface area contributed by atoms with E-state index in [-0.39, 0.29) is 31.1 Å². The van der Waals surface area contributed by atoms with Crippen LogP contribution in [0.15, 0.2) is 72.5 Å². The quantitative estimate of drug-likeness (QED) is 0.450. The summed E-state index contributed by atoms with van der Waals surface area (Å²) in [4.78, 5) is 27.4. The zero-order chi connectivity index (χ0) is 24.2. The van der Waals surface area contributed by atoms with Gasteiger partial charge in [0, 0.05) is 18.0 Å². The Bertz CT molecular complexity index is 1140. The Kier molecular flexibility index (Phi) is 7.02. The molecule has 0 N–H and O–H groups in total. The number of carbonyl (C=O) groups is 2. The molecule has 170 valence electrons. The van der Waals surface area contributed by atoms with E-state index in [1.54, 1.807) is 31.2 Å². The molecule has 1 heterocycles. The fourth-order valence-corrected chi connectivity index (χ4v) is 3.81. The Balaban J connectivity index is 2.04. The second-order valence-electron chi connectivity index (χ2n) is 7.51. The summed E-state index contributed by atoms with van der Waals surface area (Å²) in [5.41, 5.74) is 1.11. The number of alkyl halides is 3. The molecule has 1 atom stereocenters. The summed E-state index contributed by atoms with van der Waals surface area (Å²) >= 11 is 0. The standard InChI is InChI=1S/C25H21F3N2O3/c1-3-12-33-24(32)23-16(2)30(15-19-7-5-4-6-18(19)14-29)22(31)13-21(23)17-8-10-20(11-9-17)25(26,27)28/h3-11,21H,1,12-13,15H2,2H3. The fraction of sp³-hybridized carbons (Fsp3) is 0.240. The van der Waals surface area contributed by atoms with Gasteiger partial charge in [0.15, 0.2) is 0 Å². The number of nitriles is 1. The van der Waals surface area contributed by atoms with Crippen molar-refractivity contribution in [3.05, 3.63) is 94.7 Å². The van der Waals surface area contributed by atoms with Crippen LogP contribution < -0.4 is 0 Å². The number of benzene rings is 2. The molecule has 2 aromatic carbocycles. The van der Waals surface area contributed by atoms with E-state index in [1.165, 1.54) is 23.1 Å². The molecule has 0 saturated carbocycles. The third-order valence-corrected chi connectivity index (χ3v) is 5.48. The van der Waals surface area contributed by atoms with Crippen LogP contribution in [0.4, 0.5) is 13.2 Å². The highest BCUT2D eigenvalue weighted by Gasteiger charge is 2.38. The lowest BCUT2D eigenvalue weighted by Gasteiger charge is -2.34. The second-order valence-corrected chi connectivity index (χ2v) is 7.51. The molecule has 0 radical (unpaired) electrons. The molecule has 2 aromatic rings. The van der Waals surface area contributed by atoms with Crippen molar-refractivity contribution in [3.8, 4) is 6.07 Å². The SMILES string of the molecule is C=CCOC(=O)C1=C(C)N(Cc2ccccc2C#N)C(=O)CC1c1ccc(C(F)(F)F)cc1. The minimum atomic E-state index is -4.50. The number of allylic oxidation sites excluding steroid dienone is 1. The average Bonchev–Trinajstić information content (AvgIpc) is 2.79. The molecule has 1 amide bonds. The molecule has 0 saturated heterocycles. The predicted octanol–water partition coefficient (Wildman–Crippen LogP) is 5.10. The topological polar surface area (TPSA) is 70.4 Å². The van der Waals surface area contributed by atoms with Crippen LogP contribution in [0.3, 0.4) is 0 Å². The number of hydrogen-bond acceptors (Lipinski definition) is 4. The smallest absolute Gasteiger partial charge is 0.416 e. The van der Waals surface area contributed by atoms with E-state index in [1.807, 2.05) is 0 Å². The highest BCUT2D eigenvalue weighted by molar-refractivity contribution is 5.96. The molecule has 0 aromatic heterocycles. The van der Waals surface area contributed by atoms with Crippen molar-refractivity contribution in [2.45, 2.75) is 32.0 Å². The molecule has 3 rings (SSSR count). The van der Waals surface area contributed by atoms with E-state index < -0.39 is 23.6 Å². The lowest BCUT2D eigenvalue weighted by atomic mass is 9.83. The molecule has 1 aliphatic rings. The number of carbonyl (C=O) groups excluding carboxylic acids is 2. The maximum Gasteiger partial charge on any atom is 0.416 e. The van der Waals surface area contributed by atoms with Crippen molar-refractivity contribution in [3.63, 3.8) is 0 Å². The van der Waals surface area contributed by atoms with Gasteiger partial charge < -0.3 is 9.64 Å². The van der Waals surface area contributed by atoms with Crippen LogP contribution in [0.2, 0.25) is 0 Å². The van der Waals surface area contributed by atoms with Gasteiger partial charge in [-0.3, -0.25) is 4.79 Å². The van der Waals surface area contributed by atoms with Gasteiger partial charge in [-0.1, -0.05) is 43.0 Å². The Morgan fingerprint density at radius 1 is 1.24 bits per heavy atom. The van der Waals surface area contributed by atoms with E-state index in [0.717, 1.165) is 12.1 Å². The van der Waals surface area contributed by atoms with E-state index >= 15 is 0 Å². The molecule has 0 fully saturated rings. The summed E-state index contributed by atoms with van der Waals surface area (Å²) in [6.07, 6.45) is -3.23. The van der Waals surface area contributed by atoms with Crippen LogP contribution in [0, 0.1) is 11.3 Å². The van der Waals surface area contributed by atoms with Crippen LogP contribution in [0.25, 0.3) is 0 Å². The predicted molar refractivity (Wildman–Crippen MR) is 114 cm³/mol. The largest absolute Gasteiger partial charge is 0.458 e. The summed E-state index contributed by atoms with van der Waals surface area (Å²) in [6.45, 7) is 5.13. The molecule has 1 unspecified atom stereocenters. The summed E-state index contributed by atoms with van der Waals surface area (Å²) < 4.78 is 44.1.